The van der Waals surface area contributed by atoms with Gasteiger partial charge in [0.1, 0.15) is 5.60 Å². The Kier molecular flexibility index (Phi) is 4.25. The monoisotopic (exact) mass is 252 g/mol. The van der Waals surface area contributed by atoms with Crippen LogP contribution in [0.3, 0.4) is 0 Å². The highest BCUT2D eigenvalue weighted by molar-refractivity contribution is 5.72. The zero-order chi connectivity index (χ0) is 13.8. The Bertz CT molecular complexity index is 500. The van der Waals surface area contributed by atoms with Crippen LogP contribution in [0, 0.1) is 0 Å². The summed E-state index contributed by atoms with van der Waals surface area (Å²) in [5, 5.41) is 2.50. The first-order valence-electron chi connectivity index (χ1n) is 5.45. The smallest absolute Gasteiger partial charge is 0.407 e. The van der Waals surface area contributed by atoms with Gasteiger partial charge in [-0.05, 0) is 32.4 Å². The van der Waals surface area contributed by atoms with E-state index in [1.807, 2.05) is 0 Å². The molecule has 0 saturated carbocycles. The molecule has 0 atom stereocenters. The van der Waals surface area contributed by atoms with Gasteiger partial charge in [0.2, 0.25) is 5.56 Å². The van der Waals surface area contributed by atoms with E-state index in [0.717, 1.165) is 0 Å². The highest BCUT2D eigenvalue weighted by atomic mass is 16.6. The number of ether oxygens (including phenoxy) is 1. The normalized spacial score (nSPS) is 10.8. The van der Waals surface area contributed by atoms with Crippen molar-refractivity contribution in [3.63, 3.8) is 0 Å². The molecule has 0 saturated heterocycles. The maximum Gasteiger partial charge on any atom is 0.407 e. The molecule has 1 heterocycles. The maximum absolute atomic E-state index is 11.4. The molecular weight excluding hydrogens is 236 g/mol. The SMILES string of the molecule is CC(C)(C)OC(=O)NCc1cc(C=O)[nH]c(=O)c1. The molecule has 1 rings (SSSR count). The van der Waals surface area contributed by atoms with Crippen LogP contribution in [0.15, 0.2) is 16.9 Å². The number of aromatic nitrogens is 1. The van der Waals surface area contributed by atoms with Crippen molar-refractivity contribution in [3.05, 3.63) is 33.7 Å². The molecule has 0 bridgehead atoms. The molecule has 0 aliphatic heterocycles. The van der Waals surface area contributed by atoms with Gasteiger partial charge in [0.15, 0.2) is 6.29 Å². The van der Waals surface area contributed by atoms with Crippen LogP contribution in [0.1, 0.15) is 36.8 Å². The Morgan fingerprint density at radius 3 is 2.67 bits per heavy atom. The van der Waals surface area contributed by atoms with Crippen molar-refractivity contribution in [1.29, 1.82) is 0 Å². The summed E-state index contributed by atoms with van der Waals surface area (Å²) < 4.78 is 5.04. The van der Waals surface area contributed by atoms with Gasteiger partial charge >= 0.3 is 6.09 Å². The molecule has 6 nitrogen and oxygen atoms in total. The van der Waals surface area contributed by atoms with Crippen molar-refractivity contribution in [2.24, 2.45) is 0 Å². The number of nitrogens with one attached hydrogen (secondary N) is 2. The van der Waals surface area contributed by atoms with Crippen molar-refractivity contribution in [1.82, 2.24) is 10.3 Å². The molecule has 2 N–H and O–H groups in total. The standard InChI is InChI=1S/C12H16N2O4/c1-12(2,3)18-11(17)13-6-8-4-9(7-15)14-10(16)5-8/h4-5,7H,6H2,1-3H3,(H,13,17)(H,14,16). The minimum Gasteiger partial charge on any atom is -0.444 e. The number of rotatable bonds is 3. The van der Waals surface area contributed by atoms with Crippen molar-refractivity contribution in [2.75, 3.05) is 0 Å². The second-order valence-electron chi connectivity index (χ2n) is 4.78. The Hall–Kier alpha value is -2.11. The highest BCUT2D eigenvalue weighted by Gasteiger charge is 2.15. The third-order valence-electron chi connectivity index (χ3n) is 1.89. The Labute approximate surface area is 104 Å². The highest BCUT2D eigenvalue weighted by Crippen LogP contribution is 2.06. The van der Waals surface area contributed by atoms with Crippen LogP contribution in [0.25, 0.3) is 0 Å². The minimum absolute atomic E-state index is 0.125. The van der Waals surface area contributed by atoms with Crippen molar-refractivity contribution >= 4 is 12.4 Å². The van der Waals surface area contributed by atoms with E-state index in [0.29, 0.717) is 11.8 Å². The van der Waals surface area contributed by atoms with Gasteiger partial charge in [-0.25, -0.2) is 4.79 Å². The van der Waals surface area contributed by atoms with E-state index in [1.165, 1.54) is 12.1 Å². The van der Waals surface area contributed by atoms with Crippen LogP contribution in [-0.2, 0) is 11.3 Å². The lowest BCUT2D eigenvalue weighted by Gasteiger charge is -2.19. The molecule has 1 aromatic rings. The fraction of sp³-hybridized carbons (Fsp3) is 0.417. The first kappa shape index (κ1) is 14.0. The van der Waals surface area contributed by atoms with Crippen LogP contribution in [-0.4, -0.2) is 23.0 Å². The van der Waals surface area contributed by atoms with Gasteiger partial charge in [-0.15, -0.1) is 0 Å². The van der Waals surface area contributed by atoms with E-state index in [1.54, 1.807) is 20.8 Å². The molecule has 0 radical (unpaired) electrons. The lowest BCUT2D eigenvalue weighted by Crippen LogP contribution is -2.32. The van der Waals surface area contributed by atoms with E-state index < -0.39 is 11.7 Å². The van der Waals surface area contributed by atoms with Gasteiger partial charge in [0.25, 0.3) is 0 Å². The third kappa shape index (κ3) is 4.82. The summed E-state index contributed by atoms with van der Waals surface area (Å²) in [4.78, 5) is 35.5. The van der Waals surface area contributed by atoms with E-state index in [2.05, 4.69) is 10.3 Å². The predicted octanol–water partition coefficient (Wildman–Crippen LogP) is 1.21. The largest absolute Gasteiger partial charge is 0.444 e. The van der Waals surface area contributed by atoms with Gasteiger partial charge in [-0.3, -0.25) is 9.59 Å². The van der Waals surface area contributed by atoms with E-state index in [-0.39, 0.29) is 17.8 Å². The fourth-order valence-electron chi connectivity index (χ4n) is 1.28. The van der Waals surface area contributed by atoms with E-state index >= 15 is 0 Å². The van der Waals surface area contributed by atoms with E-state index in [9.17, 15) is 14.4 Å². The molecule has 6 heteroatoms. The lowest BCUT2D eigenvalue weighted by atomic mass is 10.2. The molecule has 1 aromatic heterocycles. The fourth-order valence-corrected chi connectivity index (χ4v) is 1.28. The summed E-state index contributed by atoms with van der Waals surface area (Å²) >= 11 is 0. The first-order valence-corrected chi connectivity index (χ1v) is 5.45. The molecule has 0 unspecified atom stereocenters. The van der Waals surface area contributed by atoms with Crippen LogP contribution < -0.4 is 10.9 Å². The number of pyridine rings is 1. The lowest BCUT2D eigenvalue weighted by molar-refractivity contribution is 0.0523. The number of hydrogen-bond donors (Lipinski definition) is 2. The molecule has 0 fully saturated rings. The third-order valence-corrected chi connectivity index (χ3v) is 1.89. The summed E-state index contributed by atoms with van der Waals surface area (Å²) in [6.45, 7) is 5.39. The number of aldehydes is 1. The summed E-state index contributed by atoms with van der Waals surface area (Å²) in [5.41, 5.74) is -0.262. The molecule has 0 aliphatic carbocycles. The van der Waals surface area contributed by atoms with Gasteiger partial charge in [-0.1, -0.05) is 0 Å². The molecule has 1 amide bonds. The van der Waals surface area contributed by atoms with Crippen LogP contribution in [0.5, 0.6) is 0 Å². The maximum atomic E-state index is 11.4. The number of amides is 1. The Morgan fingerprint density at radius 1 is 1.44 bits per heavy atom. The molecule has 98 valence electrons. The number of H-pyrrole nitrogens is 1. The zero-order valence-corrected chi connectivity index (χ0v) is 10.6. The van der Waals surface area contributed by atoms with Gasteiger partial charge in [0, 0.05) is 12.6 Å². The molecule has 0 spiro atoms. The van der Waals surface area contributed by atoms with Gasteiger partial charge < -0.3 is 15.0 Å². The van der Waals surface area contributed by atoms with Crippen molar-refractivity contribution in [2.45, 2.75) is 32.9 Å². The van der Waals surface area contributed by atoms with Crippen molar-refractivity contribution in [3.8, 4) is 0 Å². The zero-order valence-electron chi connectivity index (χ0n) is 10.6. The van der Waals surface area contributed by atoms with Crippen LogP contribution >= 0.6 is 0 Å². The number of alkyl carbamates (subject to hydrolysis) is 1. The molecular formula is C12H16N2O4. The average Bonchev–Trinajstić information content (AvgIpc) is 2.23. The molecule has 18 heavy (non-hydrogen) atoms. The van der Waals surface area contributed by atoms with Crippen LogP contribution in [0.2, 0.25) is 0 Å². The number of hydrogen-bond acceptors (Lipinski definition) is 4. The number of carbonyl (C=O) groups is 2. The summed E-state index contributed by atoms with van der Waals surface area (Å²) in [6.07, 6.45) is -0.0336. The van der Waals surface area contributed by atoms with E-state index in [4.69, 9.17) is 4.74 Å². The second-order valence-corrected chi connectivity index (χ2v) is 4.78. The van der Waals surface area contributed by atoms with Gasteiger partial charge in [-0.2, -0.15) is 0 Å². The average molecular weight is 252 g/mol. The summed E-state index contributed by atoms with van der Waals surface area (Å²) in [7, 11) is 0. The summed E-state index contributed by atoms with van der Waals surface area (Å²) in [6, 6.07) is 2.80. The number of carbonyl (C=O) groups excluding carboxylic acids is 2. The second kappa shape index (κ2) is 5.48. The minimum atomic E-state index is -0.577. The Balaban J connectivity index is 2.64. The first-order chi connectivity index (χ1) is 8.30. The summed E-state index contributed by atoms with van der Waals surface area (Å²) in [5.74, 6) is 0. The van der Waals surface area contributed by atoms with Crippen molar-refractivity contribution < 1.29 is 14.3 Å². The van der Waals surface area contributed by atoms with Gasteiger partial charge in [0.05, 0.1) is 5.69 Å². The Morgan fingerprint density at radius 2 is 2.11 bits per heavy atom. The predicted molar refractivity (Wildman–Crippen MR) is 65.5 cm³/mol. The topological polar surface area (TPSA) is 88.3 Å². The molecule has 0 aromatic carbocycles. The van der Waals surface area contributed by atoms with Crippen LogP contribution in [0.4, 0.5) is 4.79 Å². The number of aromatic amines is 1. The molecule has 0 aliphatic rings. The quantitative estimate of drug-likeness (QED) is 0.791.